The lowest BCUT2D eigenvalue weighted by atomic mass is 10.1. The lowest BCUT2D eigenvalue weighted by molar-refractivity contribution is -0.124. The van der Waals surface area contributed by atoms with Crippen LogP contribution in [0.15, 0.2) is 18.7 Å². The summed E-state index contributed by atoms with van der Waals surface area (Å²) in [6.07, 6.45) is 7.52. The number of hydrogen-bond donors (Lipinski definition) is 2. The van der Waals surface area contributed by atoms with E-state index in [0.717, 1.165) is 25.9 Å². The first-order valence-electron chi connectivity index (χ1n) is 5.67. The number of aromatic nitrogens is 2. The van der Waals surface area contributed by atoms with E-state index in [-0.39, 0.29) is 11.8 Å². The van der Waals surface area contributed by atoms with Crippen LogP contribution in [-0.4, -0.2) is 28.5 Å². The number of nitrogens with one attached hydrogen (secondary N) is 1. The van der Waals surface area contributed by atoms with Crippen LogP contribution in [0.25, 0.3) is 0 Å². The molecule has 0 spiro atoms. The molecule has 0 saturated heterocycles. The smallest absolute Gasteiger partial charge is 0.224 e. The van der Waals surface area contributed by atoms with Crippen molar-refractivity contribution in [3.8, 4) is 0 Å². The number of nitrogens with zero attached hydrogens (tertiary/aromatic N) is 2. The number of carbonyl (C=O) groups excluding carboxylic acids is 1. The van der Waals surface area contributed by atoms with Crippen LogP contribution in [0, 0.1) is 5.92 Å². The van der Waals surface area contributed by atoms with Gasteiger partial charge in [0.05, 0.1) is 6.33 Å². The van der Waals surface area contributed by atoms with Crippen molar-refractivity contribution in [2.24, 2.45) is 11.7 Å². The van der Waals surface area contributed by atoms with Gasteiger partial charge >= 0.3 is 0 Å². The van der Waals surface area contributed by atoms with Crippen molar-refractivity contribution in [1.29, 1.82) is 0 Å². The second-order valence-corrected chi connectivity index (χ2v) is 3.94. The Bertz CT molecular complexity index is 297. The van der Waals surface area contributed by atoms with Crippen molar-refractivity contribution in [3.05, 3.63) is 18.7 Å². The molecule has 0 saturated carbocycles. The van der Waals surface area contributed by atoms with E-state index < -0.39 is 0 Å². The van der Waals surface area contributed by atoms with Gasteiger partial charge in [-0.15, -0.1) is 0 Å². The third kappa shape index (κ3) is 4.44. The van der Waals surface area contributed by atoms with Gasteiger partial charge < -0.3 is 15.6 Å². The molecular weight excluding hydrogens is 204 g/mol. The highest BCUT2D eigenvalue weighted by Crippen LogP contribution is 1.95. The van der Waals surface area contributed by atoms with E-state index in [4.69, 9.17) is 5.73 Å². The fourth-order valence-corrected chi connectivity index (χ4v) is 1.33. The second-order valence-electron chi connectivity index (χ2n) is 3.94. The van der Waals surface area contributed by atoms with Gasteiger partial charge in [0.15, 0.2) is 0 Å². The molecule has 1 atom stereocenters. The molecule has 5 nitrogen and oxygen atoms in total. The van der Waals surface area contributed by atoms with Crippen molar-refractivity contribution >= 4 is 5.91 Å². The average molecular weight is 224 g/mol. The Balaban J connectivity index is 2.02. The van der Waals surface area contributed by atoms with Crippen LogP contribution in [0.5, 0.6) is 0 Å². The number of imidazole rings is 1. The summed E-state index contributed by atoms with van der Waals surface area (Å²) in [5, 5.41) is 2.87. The molecule has 0 aliphatic rings. The number of amides is 1. The number of hydrogen-bond acceptors (Lipinski definition) is 3. The summed E-state index contributed by atoms with van der Waals surface area (Å²) in [6.45, 7) is 3.90. The molecule has 1 unspecified atom stereocenters. The fraction of sp³-hybridized carbons (Fsp3) is 0.636. The summed E-state index contributed by atoms with van der Waals surface area (Å²) >= 11 is 0. The lowest BCUT2D eigenvalue weighted by Gasteiger charge is -2.09. The van der Waals surface area contributed by atoms with Crippen LogP contribution in [0.2, 0.25) is 0 Å². The SMILES string of the molecule is CC(CN)C(=O)NCCCCn1ccnc1. The standard InChI is InChI=1S/C11H20N4O/c1-10(8-12)11(16)14-4-2-3-6-15-7-5-13-9-15/h5,7,9-10H,2-4,6,8,12H2,1H3,(H,14,16). The normalized spacial score (nSPS) is 12.4. The minimum Gasteiger partial charge on any atom is -0.356 e. The molecule has 1 amide bonds. The molecule has 3 N–H and O–H groups in total. The zero-order valence-corrected chi connectivity index (χ0v) is 9.72. The van der Waals surface area contributed by atoms with Gasteiger partial charge in [0.1, 0.15) is 0 Å². The number of aryl methyl sites for hydroxylation is 1. The third-order valence-electron chi connectivity index (χ3n) is 2.50. The van der Waals surface area contributed by atoms with Gasteiger partial charge in [-0.1, -0.05) is 6.92 Å². The molecule has 0 aliphatic heterocycles. The van der Waals surface area contributed by atoms with Crippen LogP contribution in [0.3, 0.4) is 0 Å². The van der Waals surface area contributed by atoms with Gasteiger partial charge in [-0.05, 0) is 12.8 Å². The summed E-state index contributed by atoms with van der Waals surface area (Å²) < 4.78 is 2.03. The quantitative estimate of drug-likeness (QED) is 0.657. The summed E-state index contributed by atoms with van der Waals surface area (Å²) in [5.41, 5.74) is 5.40. The average Bonchev–Trinajstić information content (AvgIpc) is 2.80. The molecule has 1 rings (SSSR count). The Morgan fingerprint density at radius 2 is 2.38 bits per heavy atom. The fourth-order valence-electron chi connectivity index (χ4n) is 1.33. The van der Waals surface area contributed by atoms with E-state index in [0.29, 0.717) is 6.54 Å². The maximum Gasteiger partial charge on any atom is 0.224 e. The molecule has 90 valence electrons. The minimum absolute atomic E-state index is 0.0464. The summed E-state index contributed by atoms with van der Waals surface area (Å²) in [5.74, 6) is -0.0428. The molecule has 1 aromatic heterocycles. The van der Waals surface area contributed by atoms with Crippen molar-refractivity contribution in [2.75, 3.05) is 13.1 Å². The number of unbranched alkanes of at least 4 members (excludes halogenated alkanes) is 1. The Morgan fingerprint density at radius 1 is 1.56 bits per heavy atom. The highest BCUT2D eigenvalue weighted by Gasteiger charge is 2.08. The largest absolute Gasteiger partial charge is 0.356 e. The third-order valence-corrected chi connectivity index (χ3v) is 2.50. The second kappa shape index (κ2) is 7.00. The van der Waals surface area contributed by atoms with Crippen molar-refractivity contribution in [3.63, 3.8) is 0 Å². The van der Waals surface area contributed by atoms with Crippen LogP contribution >= 0.6 is 0 Å². The molecular formula is C11H20N4O. The minimum atomic E-state index is -0.0892. The zero-order valence-electron chi connectivity index (χ0n) is 9.72. The molecule has 1 aromatic rings. The van der Waals surface area contributed by atoms with Crippen LogP contribution in [-0.2, 0) is 11.3 Å². The van der Waals surface area contributed by atoms with Gasteiger partial charge in [-0.2, -0.15) is 0 Å². The van der Waals surface area contributed by atoms with E-state index >= 15 is 0 Å². The topological polar surface area (TPSA) is 72.9 Å². The number of nitrogens with two attached hydrogens (primary N) is 1. The molecule has 0 radical (unpaired) electrons. The van der Waals surface area contributed by atoms with Gasteiger partial charge in [-0.3, -0.25) is 4.79 Å². The highest BCUT2D eigenvalue weighted by molar-refractivity contribution is 5.78. The first-order valence-corrected chi connectivity index (χ1v) is 5.67. The Morgan fingerprint density at radius 3 is 3.00 bits per heavy atom. The predicted molar refractivity (Wildman–Crippen MR) is 62.7 cm³/mol. The zero-order chi connectivity index (χ0) is 11.8. The molecule has 16 heavy (non-hydrogen) atoms. The number of carbonyl (C=O) groups is 1. The van der Waals surface area contributed by atoms with Crippen LogP contribution in [0.1, 0.15) is 19.8 Å². The van der Waals surface area contributed by atoms with Gasteiger partial charge in [0.2, 0.25) is 5.91 Å². The Labute approximate surface area is 96.0 Å². The van der Waals surface area contributed by atoms with Gasteiger partial charge in [0, 0.05) is 37.9 Å². The van der Waals surface area contributed by atoms with E-state index in [2.05, 4.69) is 10.3 Å². The van der Waals surface area contributed by atoms with E-state index in [9.17, 15) is 4.79 Å². The Kier molecular flexibility index (Phi) is 5.56. The van der Waals surface area contributed by atoms with Crippen molar-refractivity contribution in [1.82, 2.24) is 14.9 Å². The van der Waals surface area contributed by atoms with Gasteiger partial charge in [0.25, 0.3) is 0 Å². The number of rotatable bonds is 7. The molecule has 0 fully saturated rings. The van der Waals surface area contributed by atoms with E-state index in [1.807, 2.05) is 17.7 Å². The van der Waals surface area contributed by atoms with Crippen LogP contribution in [0.4, 0.5) is 0 Å². The first kappa shape index (κ1) is 12.7. The van der Waals surface area contributed by atoms with E-state index in [1.54, 1.807) is 12.5 Å². The van der Waals surface area contributed by atoms with Crippen molar-refractivity contribution in [2.45, 2.75) is 26.3 Å². The summed E-state index contributed by atoms with van der Waals surface area (Å²) in [7, 11) is 0. The molecule has 0 bridgehead atoms. The van der Waals surface area contributed by atoms with Gasteiger partial charge in [-0.25, -0.2) is 4.98 Å². The summed E-state index contributed by atoms with van der Waals surface area (Å²) in [4.78, 5) is 15.3. The lowest BCUT2D eigenvalue weighted by Crippen LogP contribution is -2.33. The first-order chi connectivity index (χ1) is 7.74. The maximum absolute atomic E-state index is 11.4. The monoisotopic (exact) mass is 224 g/mol. The molecule has 1 heterocycles. The highest BCUT2D eigenvalue weighted by atomic mass is 16.1. The Hall–Kier alpha value is -1.36. The molecule has 0 aromatic carbocycles. The van der Waals surface area contributed by atoms with Crippen LogP contribution < -0.4 is 11.1 Å². The molecule has 5 heteroatoms. The summed E-state index contributed by atoms with van der Waals surface area (Å²) in [6, 6.07) is 0. The van der Waals surface area contributed by atoms with Crippen molar-refractivity contribution < 1.29 is 4.79 Å². The van der Waals surface area contributed by atoms with E-state index in [1.165, 1.54) is 0 Å². The molecule has 0 aliphatic carbocycles. The predicted octanol–water partition coefficient (Wildman–Crippen LogP) is 0.374. The maximum atomic E-state index is 11.4.